The Hall–Kier alpha value is -1.86. The second-order valence-electron chi connectivity index (χ2n) is 3.98. The molecule has 1 aromatic rings. The molecule has 2 rings (SSSR count). The molecule has 1 aliphatic carbocycles. The van der Waals surface area contributed by atoms with Gasteiger partial charge in [0.05, 0.1) is 6.07 Å². The molecule has 0 radical (unpaired) electrons. The second-order valence-corrected chi connectivity index (χ2v) is 4.42. The molecule has 2 amide bonds. The molecule has 0 aliphatic heterocycles. The fourth-order valence-corrected chi connectivity index (χ4v) is 1.54. The van der Waals surface area contributed by atoms with Crippen molar-refractivity contribution in [3.8, 4) is 6.07 Å². The van der Waals surface area contributed by atoms with Gasteiger partial charge in [0, 0.05) is 10.6 Å². The van der Waals surface area contributed by atoms with Crippen LogP contribution in [-0.2, 0) is 4.79 Å². The van der Waals surface area contributed by atoms with E-state index in [0.29, 0.717) is 23.4 Å². The summed E-state index contributed by atoms with van der Waals surface area (Å²) in [6, 6.07) is 8.12. The quantitative estimate of drug-likeness (QED) is 0.813. The Bertz CT molecular complexity index is 512. The summed E-state index contributed by atoms with van der Waals surface area (Å²) in [6.07, 6.45) is 1.03. The van der Waals surface area contributed by atoms with Gasteiger partial charge in [0.2, 0.25) is 5.91 Å². The molecule has 0 atom stereocenters. The molecule has 1 saturated carbocycles. The van der Waals surface area contributed by atoms with Crippen molar-refractivity contribution in [3.05, 3.63) is 34.9 Å². The number of carbonyl (C=O) groups is 2. The molecule has 0 unspecified atom stereocenters. The minimum atomic E-state index is -0.984. The maximum atomic E-state index is 11.7. The highest BCUT2D eigenvalue weighted by Gasteiger charge is 2.51. The molecule has 0 spiro atoms. The van der Waals surface area contributed by atoms with Crippen LogP contribution in [0.15, 0.2) is 24.3 Å². The number of nitriles is 1. The van der Waals surface area contributed by atoms with E-state index < -0.39 is 17.2 Å². The summed E-state index contributed by atoms with van der Waals surface area (Å²) in [6.45, 7) is 0. The van der Waals surface area contributed by atoms with Crippen molar-refractivity contribution in [1.29, 1.82) is 5.26 Å². The zero-order chi connectivity index (χ0) is 12.5. The summed E-state index contributed by atoms with van der Waals surface area (Å²) >= 11 is 5.69. The summed E-state index contributed by atoms with van der Waals surface area (Å²) in [5.41, 5.74) is -0.640. The van der Waals surface area contributed by atoms with Crippen molar-refractivity contribution in [3.63, 3.8) is 0 Å². The lowest BCUT2D eigenvalue weighted by Crippen LogP contribution is -2.36. The fourth-order valence-electron chi connectivity index (χ4n) is 1.41. The fraction of sp³-hybridized carbons (Fsp3) is 0.250. The lowest BCUT2D eigenvalue weighted by atomic mass is 10.1. The molecule has 0 aromatic heterocycles. The summed E-state index contributed by atoms with van der Waals surface area (Å²) in [4.78, 5) is 23.3. The number of benzene rings is 1. The standard InChI is InChI=1S/C12H9ClN2O2/c13-9-3-1-8(2-4-9)10(16)15-11(17)12(7-14)5-6-12/h1-4H,5-6H2,(H,15,16,17). The molecule has 86 valence electrons. The number of nitrogens with zero attached hydrogens (tertiary/aromatic N) is 1. The Morgan fingerprint density at radius 3 is 2.35 bits per heavy atom. The monoisotopic (exact) mass is 248 g/mol. The minimum Gasteiger partial charge on any atom is -0.291 e. The van der Waals surface area contributed by atoms with Gasteiger partial charge in [-0.2, -0.15) is 5.26 Å². The van der Waals surface area contributed by atoms with Crippen LogP contribution in [-0.4, -0.2) is 11.8 Å². The van der Waals surface area contributed by atoms with Crippen molar-refractivity contribution >= 4 is 23.4 Å². The van der Waals surface area contributed by atoms with E-state index in [0.717, 1.165) is 0 Å². The van der Waals surface area contributed by atoms with Gasteiger partial charge in [-0.3, -0.25) is 14.9 Å². The van der Waals surface area contributed by atoms with E-state index >= 15 is 0 Å². The SMILES string of the molecule is N#CC1(C(=O)NC(=O)c2ccc(Cl)cc2)CC1. The summed E-state index contributed by atoms with van der Waals surface area (Å²) in [5, 5.41) is 11.6. The van der Waals surface area contributed by atoms with Crippen LogP contribution in [0.2, 0.25) is 5.02 Å². The van der Waals surface area contributed by atoms with Crippen molar-refractivity contribution < 1.29 is 9.59 Å². The smallest absolute Gasteiger partial charge is 0.257 e. The first-order valence-electron chi connectivity index (χ1n) is 5.10. The molecule has 0 saturated heterocycles. The molecule has 5 heteroatoms. The van der Waals surface area contributed by atoms with Crippen molar-refractivity contribution in [1.82, 2.24) is 5.32 Å². The van der Waals surface area contributed by atoms with Gasteiger partial charge in [0.15, 0.2) is 0 Å². The van der Waals surface area contributed by atoms with Crippen LogP contribution in [0.3, 0.4) is 0 Å². The number of nitrogens with one attached hydrogen (secondary N) is 1. The first-order chi connectivity index (χ1) is 8.07. The minimum absolute atomic E-state index is 0.344. The highest BCUT2D eigenvalue weighted by atomic mass is 35.5. The Labute approximate surface area is 103 Å². The van der Waals surface area contributed by atoms with Crippen LogP contribution in [0.4, 0.5) is 0 Å². The van der Waals surface area contributed by atoms with Crippen LogP contribution in [0.1, 0.15) is 23.2 Å². The zero-order valence-electron chi connectivity index (χ0n) is 8.87. The zero-order valence-corrected chi connectivity index (χ0v) is 9.62. The van der Waals surface area contributed by atoms with Crippen molar-refractivity contribution in [2.75, 3.05) is 0 Å². The summed E-state index contributed by atoms with van der Waals surface area (Å²) in [7, 11) is 0. The van der Waals surface area contributed by atoms with E-state index in [1.807, 2.05) is 6.07 Å². The molecule has 0 heterocycles. The van der Waals surface area contributed by atoms with Gasteiger partial charge in [0.1, 0.15) is 5.41 Å². The number of carbonyl (C=O) groups excluding carboxylic acids is 2. The van der Waals surface area contributed by atoms with Gasteiger partial charge >= 0.3 is 0 Å². The lowest BCUT2D eigenvalue weighted by Gasteiger charge is -2.06. The summed E-state index contributed by atoms with van der Waals surface area (Å²) in [5.74, 6) is -1.02. The van der Waals surface area contributed by atoms with E-state index in [1.54, 1.807) is 12.1 Å². The van der Waals surface area contributed by atoms with Gasteiger partial charge in [-0.1, -0.05) is 11.6 Å². The Balaban J connectivity index is 2.05. The molecule has 17 heavy (non-hydrogen) atoms. The molecule has 1 aromatic carbocycles. The van der Waals surface area contributed by atoms with E-state index in [4.69, 9.17) is 16.9 Å². The average molecular weight is 249 g/mol. The molecule has 1 aliphatic rings. The molecular weight excluding hydrogens is 240 g/mol. The van der Waals surface area contributed by atoms with Crippen LogP contribution < -0.4 is 5.32 Å². The number of amides is 2. The predicted molar refractivity (Wildman–Crippen MR) is 61.2 cm³/mol. The number of rotatable bonds is 2. The average Bonchev–Trinajstić information content (AvgIpc) is 3.10. The Morgan fingerprint density at radius 1 is 1.29 bits per heavy atom. The first-order valence-corrected chi connectivity index (χ1v) is 5.48. The molecule has 0 bridgehead atoms. The number of hydrogen-bond donors (Lipinski definition) is 1. The molecule has 1 N–H and O–H groups in total. The third kappa shape index (κ3) is 2.29. The Morgan fingerprint density at radius 2 is 1.88 bits per heavy atom. The van der Waals surface area contributed by atoms with Gasteiger partial charge < -0.3 is 0 Å². The highest BCUT2D eigenvalue weighted by Crippen LogP contribution is 2.44. The van der Waals surface area contributed by atoms with Crippen LogP contribution in [0.5, 0.6) is 0 Å². The Kier molecular flexibility index (Phi) is 2.86. The highest BCUT2D eigenvalue weighted by molar-refractivity contribution is 6.30. The largest absolute Gasteiger partial charge is 0.291 e. The first kappa shape index (κ1) is 11.6. The maximum Gasteiger partial charge on any atom is 0.257 e. The van der Waals surface area contributed by atoms with Gasteiger partial charge in [-0.05, 0) is 37.1 Å². The van der Waals surface area contributed by atoms with Gasteiger partial charge in [-0.15, -0.1) is 0 Å². The third-order valence-electron chi connectivity index (χ3n) is 2.73. The van der Waals surface area contributed by atoms with Gasteiger partial charge in [-0.25, -0.2) is 0 Å². The number of hydrogen-bond acceptors (Lipinski definition) is 3. The van der Waals surface area contributed by atoms with Crippen molar-refractivity contribution in [2.24, 2.45) is 5.41 Å². The normalized spacial score (nSPS) is 15.8. The number of imide groups is 1. The topological polar surface area (TPSA) is 70.0 Å². The summed E-state index contributed by atoms with van der Waals surface area (Å²) < 4.78 is 0. The second kappa shape index (κ2) is 4.19. The number of halogens is 1. The van der Waals surface area contributed by atoms with Crippen molar-refractivity contribution in [2.45, 2.75) is 12.8 Å². The van der Waals surface area contributed by atoms with Crippen LogP contribution >= 0.6 is 11.6 Å². The third-order valence-corrected chi connectivity index (χ3v) is 2.98. The van der Waals surface area contributed by atoms with E-state index in [2.05, 4.69) is 5.32 Å². The van der Waals surface area contributed by atoms with E-state index in [1.165, 1.54) is 12.1 Å². The molecular formula is C12H9ClN2O2. The maximum absolute atomic E-state index is 11.7. The lowest BCUT2D eigenvalue weighted by molar-refractivity contribution is -0.123. The van der Waals surface area contributed by atoms with Gasteiger partial charge in [0.25, 0.3) is 5.91 Å². The van der Waals surface area contributed by atoms with Crippen LogP contribution in [0.25, 0.3) is 0 Å². The molecule has 1 fully saturated rings. The predicted octanol–water partition coefficient (Wildman–Crippen LogP) is 1.90. The van der Waals surface area contributed by atoms with Crippen LogP contribution in [0, 0.1) is 16.7 Å². The van der Waals surface area contributed by atoms with E-state index in [-0.39, 0.29) is 0 Å². The van der Waals surface area contributed by atoms with E-state index in [9.17, 15) is 9.59 Å². The molecule has 4 nitrogen and oxygen atoms in total.